The maximum atomic E-state index is 5.50. The molecule has 1 N–H and O–H groups in total. The molecule has 0 saturated carbocycles. The molecule has 0 radical (unpaired) electrons. The van der Waals surface area contributed by atoms with E-state index >= 15 is 0 Å². The highest BCUT2D eigenvalue weighted by atomic mass is 16.5. The molecule has 1 saturated heterocycles. The van der Waals surface area contributed by atoms with E-state index < -0.39 is 0 Å². The predicted octanol–water partition coefficient (Wildman–Crippen LogP) is 1.96. The molecule has 0 amide bonds. The van der Waals surface area contributed by atoms with Crippen LogP contribution < -0.4 is 5.32 Å². The van der Waals surface area contributed by atoms with E-state index in [1.165, 1.54) is 10.9 Å². The summed E-state index contributed by atoms with van der Waals surface area (Å²) >= 11 is 0. The molecule has 1 aromatic heterocycles. The Morgan fingerprint density at radius 3 is 3.05 bits per heavy atom. The summed E-state index contributed by atoms with van der Waals surface area (Å²) in [6.45, 7) is 6.58. The summed E-state index contributed by atoms with van der Waals surface area (Å²) in [4.78, 5) is 6.89. The second kappa shape index (κ2) is 6.52. The van der Waals surface area contributed by atoms with Gasteiger partial charge < -0.3 is 15.0 Å². The van der Waals surface area contributed by atoms with E-state index in [-0.39, 0.29) is 0 Å². The third kappa shape index (κ3) is 3.79. The third-order valence-electron chi connectivity index (χ3n) is 3.88. The van der Waals surface area contributed by atoms with Crippen molar-refractivity contribution >= 4 is 10.9 Å². The van der Waals surface area contributed by atoms with Crippen molar-refractivity contribution in [1.82, 2.24) is 15.2 Å². The van der Waals surface area contributed by atoms with Gasteiger partial charge in [-0.3, -0.25) is 4.98 Å². The van der Waals surface area contributed by atoms with E-state index in [0.29, 0.717) is 6.04 Å². The van der Waals surface area contributed by atoms with Gasteiger partial charge in [0.05, 0.1) is 18.7 Å². The standard InChI is InChI=1S/C17H23N3O/c1-13-3-5-15-9-14(4-6-17(15)19-13)10-20(2)11-16-12-21-8-7-18-16/h3-6,9,16,18H,7-8,10-12H2,1-2H3. The van der Waals surface area contributed by atoms with Crippen LogP contribution in [0.5, 0.6) is 0 Å². The SMILES string of the molecule is Cc1ccc2cc(CN(C)CC3COCCN3)ccc2n1. The van der Waals surface area contributed by atoms with Gasteiger partial charge in [-0.25, -0.2) is 0 Å². The Kier molecular flexibility index (Phi) is 4.48. The van der Waals surface area contributed by atoms with Crippen LogP contribution in [0, 0.1) is 6.92 Å². The number of aryl methyl sites for hydroxylation is 1. The Balaban J connectivity index is 1.65. The fourth-order valence-electron chi connectivity index (χ4n) is 2.86. The van der Waals surface area contributed by atoms with Crippen LogP contribution in [0.15, 0.2) is 30.3 Å². The van der Waals surface area contributed by atoms with Gasteiger partial charge in [0, 0.05) is 36.8 Å². The van der Waals surface area contributed by atoms with Crippen LogP contribution in [0.25, 0.3) is 10.9 Å². The molecule has 112 valence electrons. The number of nitrogens with one attached hydrogen (secondary N) is 1. The zero-order valence-corrected chi connectivity index (χ0v) is 12.8. The Bertz CT molecular complexity index is 608. The lowest BCUT2D eigenvalue weighted by atomic mass is 10.1. The fourth-order valence-corrected chi connectivity index (χ4v) is 2.86. The molecule has 1 aliphatic rings. The van der Waals surface area contributed by atoms with Crippen LogP contribution in [0.1, 0.15) is 11.3 Å². The maximum absolute atomic E-state index is 5.50. The molecule has 0 bridgehead atoms. The third-order valence-corrected chi connectivity index (χ3v) is 3.88. The number of likely N-dealkylation sites (N-methyl/N-ethyl adjacent to an activating group) is 1. The smallest absolute Gasteiger partial charge is 0.0705 e. The van der Waals surface area contributed by atoms with E-state index in [9.17, 15) is 0 Å². The minimum Gasteiger partial charge on any atom is -0.378 e. The summed E-state index contributed by atoms with van der Waals surface area (Å²) in [6.07, 6.45) is 0. The molecule has 4 heteroatoms. The molecular weight excluding hydrogens is 262 g/mol. The first-order valence-electron chi connectivity index (χ1n) is 7.57. The Hall–Kier alpha value is -1.49. The molecule has 0 spiro atoms. The van der Waals surface area contributed by atoms with Crippen LogP contribution in [-0.4, -0.2) is 49.3 Å². The van der Waals surface area contributed by atoms with Crippen LogP contribution >= 0.6 is 0 Å². The van der Waals surface area contributed by atoms with Crippen LogP contribution in [0.3, 0.4) is 0 Å². The number of ether oxygens (including phenoxy) is 1. The van der Waals surface area contributed by atoms with Crippen LogP contribution in [-0.2, 0) is 11.3 Å². The van der Waals surface area contributed by atoms with Crippen molar-refractivity contribution in [2.75, 3.05) is 33.4 Å². The van der Waals surface area contributed by atoms with Gasteiger partial charge in [-0.15, -0.1) is 0 Å². The quantitative estimate of drug-likeness (QED) is 0.932. The van der Waals surface area contributed by atoms with E-state index in [2.05, 4.69) is 52.6 Å². The van der Waals surface area contributed by atoms with Gasteiger partial charge in [0.1, 0.15) is 0 Å². The minimum atomic E-state index is 0.438. The number of benzene rings is 1. The molecule has 1 aliphatic heterocycles. The molecular formula is C17H23N3O. The van der Waals surface area contributed by atoms with Crippen LogP contribution in [0.2, 0.25) is 0 Å². The summed E-state index contributed by atoms with van der Waals surface area (Å²) in [7, 11) is 2.16. The number of fused-ring (bicyclic) bond motifs is 1. The van der Waals surface area contributed by atoms with Gasteiger partial charge in [-0.1, -0.05) is 12.1 Å². The van der Waals surface area contributed by atoms with Gasteiger partial charge in [-0.05, 0) is 37.7 Å². The van der Waals surface area contributed by atoms with Crippen molar-refractivity contribution in [2.24, 2.45) is 0 Å². The second-order valence-corrected chi connectivity index (χ2v) is 5.90. The highest BCUT2D eigenvalue weighted by Crippen LogP contribution is 2.16. The maximum Gasteiger partial charge on any atom is 0.0705 e. The predicted molar refractivity (Wildman–Crippen MR) is 85.4 cm³/mol. The molecule has 1 fully saturated rings. The molecule has 1 atom stereocenters. The molecule has 3 rings (SSSR count). The number of aromatic nitrogens is 1. The van der Waals surface area contributed by atoms with E-state index in [0.717, 1.165) is 44.1 Å². The monoisotopic (exact) mass is 285 g/mol. The average Bonchev–Trinajstić information content (AvgIpc) is 2.48. The highest BCUT2D eigenvalue weighted by molar-refractivity contribution is 5.79. The fraction of sp³-hybridized carbons (Fsp3) is 0.471. The lowest BCUT2D eigenvalue weighted by molar-refractivity contribution is 0.0645. The summed E-state index contributed by atoms with van der Waals surface area (Å²) < 4.78 is 5.50. The summed E-state index contributed by atoms with van der Waals surface area (Å²) in [5.41, 5.74) is 3.46. The van der Waals surface area contributed by atoms with Crippen molar-refractivity contribution in [2.45, 2.75) is 19.5 Å². The summed E-state index contributed by atoms with van der Waals surface area (Å²) in [6, 6.07) is 11.2. The molecule has 21 heavy (non-hydrogen) atoms. The largest absolute Gasteiger partial charge is 0.378 e. The lowest BCUT2D eigenvalue weighted by Crippen LogP contribution is -2.47. The molecule has 2 aromatic rings. The van der Waals surface area contributed by atoms with Crippen molar-refractivity contribution in [3.8, 4) is 0 Å². The van der Waals surface area contributed by atoms with Crippen molar-refractivity contribution in [1.29, 1.82) is 0 Å². The highest BCUT2D eigenvalue weighted by Gasteiger charge is 2.15. The average molecular weight is 285 g/mol. The van der Waals surface area contributed by atoms with Crippen molar-refractivity contribution in [3.05, 3.63) is 41.6 Å². The van der Waals surface area contributed by atoms with Gasteiger partial charge >= 0.3 is 0 Å². The summed E-state index contributed by atoms with van der Waals surface area (Å²) in [5.74, 6) is 0. The topological polar surface area (TPSA) is 37.4 Å². The van der Waals surface area contributed by atoms with E-state index in [1.54, 1.807) is 0 Å². The van der Waals surface area contributed by atoms with Crippen molar-refractivity contribution < 1.29 is 4.74 Å². The molecule has 2 heterocycles. The van der Waals surface area contributed by atoms with E-state index in [1.807, 2.05) is 6.92 Å². The molecule has 0 aliphatic carbocycles. The van der Waals surface area contributed by atoms with Gasteiger partial charge in [0.25, 0.3) is 0 Å². The van der Waals surface area contributed by atoms with Gasteiger partial charge in [0.2, 0.25) is 0 Å². The molecule has 1 unspecified atom stereocenters. The number of hydrogen-bond acceptors (Lipinski definition) is 4. The summed E-state index contributed by atoms with van der Waals surface area (Å²) in [5, 5.41) is 4.71. The van der Waals surface area contributed by atoms with Gasteiger partial charge in [0.15, 0.2) is 0 Å². The molecule has 1 aromatic carbocycles. The number of rotatable bonds is 4. The minimum absolute atomic E-state index is 0.438. The first-order valence-corrected chi connectivity index (χ1v) is 7.57. The number of pyridine rings is 1. The second-order valence-electron chi connectivity index (χ2n) is 5.90. The Morgan fingerprint density at radius 1 is 1.33 bits per heavy atom. The zero-order chi connectivity index (χ0) is 14.7. The normalized spacial score (nSPS) is 19.3. The van der Waals surface area contributed by atoms with Crippen molar-refractivity contribution in [3.63, 3.8) is 0 Å². The zero-order valence-electron chi connectivity index (χ0n) is 12.8. The lowest BCUT2D eigenvalue weighted by Gasteiger charge is -2.28. The Labute approximate surface area is 126 Å². The Morgan fingerprint density at radius 2 is 2.24 bits per heavy atom. The van der Waals surface area contributed by atoms with Crippen LogP contribution in [0.4, 0.5) is 0 Å². The van der Waals surface area contributed by atoms with Gasteiger partial charge in [-0.2, -0.15) is 0 Å². The molecule has 4 nitrogen and oxygen atoms in total. The first-order chi connectivity index (χ1) is 10.2. The first kappa shape index (κ1) is 14.4. The number of morpholine rings is 1. The number of nitrogens with zero attached hydrogens (tertiary/aromatic N) is 2. The van der Waals surface area contributed by atoms with E-state index in [4.69, 9.17) is 4.74 Å². The number of hydrogen-bond donors (Lipinski definition) is 1.